The van der Waals surface area contributed by atoms with E-state index in [0.29, 0.717) is 29.8 Å². The maximum absolute atomic E-state index is 17.2. The number of aromatic nitrogens is 8. The predicted molar refractivity (Wildman–Crippen MR) is 381 cm³/mol. The summed E-state index contributed by atoms with van der Waals surface area (Å²) in [6, 6.07) is 3.15. The predicted octanol–water partition coefficient (Wildman–Crippen LogP) is 11.0. The molecule has 3 fully saturated rings. The molecule has 13 atom stereocenters. The fourth-order valence-electron chi connectivity index (χ4n) is 12.4. The summed E-state index contributed by atoms with van der Waals surface area (Å²) in [4.78, 5) is 114. The Morgan fingerprint density at radius 1 is 0.733 bits per heavy atom. The van der Waals surface area contributed by atoms with E-state index in [1.165, 1.54) is 100 Å². The number of esters is 1. The summed E-state index contributed by atoms with van der Waals surface area (Å²) in [5.41, 5.74) is 11.5. The Balaban J connectivity index is 0.926. The lowest BCUT2D eigenvalue weighted by Crippen LogP contribution is -2.55. The Bertz CT molecular complexity index is 3640. The molecule has 8 rings (SSSR count). The number of urea groups is 1. The number of unbranched alkanes of at least 4 members (excludes halogenated alkanes) is 18. The first-order valence-corrected chi connectivity index (χ1v) is 41.2. The van der Waals surface area contributed by atoms with E-state index in [9.17, 15) is 33.7 Å². The van der Waals surface area contributed by atoms with Crippen LogP contribution in [0.15, 0.2) is 54.4 Å². The molecule has 0 aliphatic carbocycles. The Kier molecular flexibility index (Phi) is 32.1. The van der Waals surface area contributed by atoms with Crippen LogP contribution >= 0.6 is 24.9 Å². The van der Waals surface area contributed by atoms with Gasteiger partial charge in [0.1, 0.15) is 54.4 Å². The van der Waals surface area contributed by atoms with Gasteiger partial charge < -0.3 is 61.3 Å². The van der Waals surface area contributed by atoms with Gasteiger partial charge in [-0.3, -0.25) is 46.7 Å². The average molecular weight is 1490 g/mol. The first-order valence-electron chi connectivity index (χ1n) is 35.4. The van der Waals surface area contributed by atoms with Gasteiger partial charge in [0.25, 0.3) is 5.56 Å². The van der Waals surface area contributed by atoms with E-state index in [0.717, 1.165) is 68.5 Å². The second kappa shape index (κ2) is 40.2. The number of nitrogens with one attached hydrogen (secondary N) is 5. The number of H-pyrrole nitrogens is 1. The number of amides is 5. The number of anilines is 2. The van der Waals surface area contributed by atoms with Crippen LogP contribution < -0.4 is 38.3 Å². The van der Waals surface area contributed by atoms with Crippen LogP contribution in [0.3, 0.4) is 0 Å². The molecule has 3 unspecified atom stereocenters. The highest BCUT2D eigenvalue weighted by Gasteiger charge is 2.55. The SMILES string of the molecule is CCCCCCCCCCCCCC(=O)OC(CCCCCCCCCCC)CC(=O)N[C@H](C(=O)N[C@@H](CCCNC(N)=O)C(=O)Nc1ccc(CSP2(=O)OC[C@H]3O[C@@H](n4cnc5c(N)ncnc54)[C@H](F)[C@@H]3OP(O)(=S)OC[C@H]3O[C@@H](n4cnc5c(=O)[nH]cnc54)[C@H](F)[C@@H]3O2)cc1)C(C)C. The molecule has 5 amide bonds. The number of nitrogen functional groups attached to an aromatic ring is 1. The molecule has 35 heteroatoms. The summed E-state index contributed by atoms with van der Waals surface area (Å²) in [5.74, 6) is -2.75. The van der Waals surface area contributed by atoms with Gasteiger partial charge in [0.15, 0.2) is 47.4 Å². The maximum Gasteiger partial charge on any atom is 0.389 e. The van der Waals surface area contributed by atoms with Crippen molar-refractivity contribution in [3.8, 4) is 0 Å². The van der Waals surface area contributed by atoms with Gasteiger partial charge in [-0.2, -0.15) is 0 Å². The molecular weight excluding hydrogens is 1390 g/mol. The third kappa shape index (κ3) is 24.2. The minimum atomic E-state index is -4.70. The summed E-state index contributed by atoms with van der Waals surface area (Å²) in [6.45, 7) is -2.69. The molecule has 3 saturated heterocycles. The summed E-state index contributed by atoms with van der Waals surface area (Å²) in [6.07, 6.45) is 13.0. The standard InChI is InChI=1S/C66H100F2N14O15P2S2/c1-5-7-9-11-13-15-16-18-20-22-24-28-50(84)93-45(26-23-21-19-17-14-12-10-8-6-2)34-49(83)80-53(42(3)4)63(87)79-46(27-25-33-71-66(70)88)61(85)78-44-31-29-43(30-32-44)37-101-99(90)92-36-48-56(51(67)64(95-48)81-40-76-54-58(69)72-38-73-59(54)81)96-98(89,100)91-35-47-57(97-99)52(68)65(94-47)82-41-77-55-60(82)74-39-75-62(55)86/h29-32,38-42,45-48,51-53,56-57,64-65H,5-28,33-37H2,1-4H3,(H,78,85)(H,79,87)(H,80,83)(H,89,100)(H2,69,72,73)(H3,70,71,88)(H,74,75,86)/t45?,46-,47+,48+,51+,52+,53-,56+,57+,64+,65+,98?,99?/m0/s1. The zero-order chi connectivity index (χ0) is 72.5. The highest BCUT2D eigenvalue weighted by molar-refractivity contribution is 8.54. The van der Waals surface area contributed by atoms with Gasteiger partial charge in [0.05, 0.1) is 38.6 Å². The van der Waals surface area contributed by atoms with Crippen LogP contribution in [-0.4, -0.2) is 148 Å². The van der Waals surface area contributed by atoms with Crippen molar-refractivity contribution < 1.29 is 74.5 Å². The van der Waals surface area contributed by atoms with Crippen molar-refractivity contribution in [2.24, 2.45) is 11.7 Å². The second-order valence-electron chi connectivity index (χ2n) is 26.3. The minimum Gasteiger partial charge on any atom is -0.462 e. The molecule has 3 aliphatic heterocycles. The van der Waals surface area contributed by atoms with Crippen LogP contribution in [0.2, 0.25) is 0 Å². The van der Waals surface area contributed by atoms with E-state index in [2.05, 4.69) is 65.0 Å². The van der Waals surface area contributed by atoms with Crippen LogP contribution in [0.1, 0.15) is 206 Å². The van der Waals surface area contributed by atoms with Crippen molar-refractivity contribution in [2.45, 2.75) is 261 Å². The summed E-state index contributed by atoms with van der Waals surface area (Å²) < 4.78 is 93.8. The Morgan fingerprint density at radius 2 is 1.30 bits per heavy atom. The molecule has 101 heavy (non-hydrogen) atoms. The summed E-state index contributed by atoms with van der Waals surface area (Å²) in [5, 5.41) is 11.0. The van der Waals surface area contributed by atoms with Crippen molar-refractivity contribution in [3.63, 3.8) is 0 Å². The van der Waals surface area contributed by atoms with Gasteiger partial charge >= 0.3 is 25.5 Å². The number of aromatic amines is 1. The van der Waals surface area contributed by atoms with Gasteiger partial charge in [-0.1, -0.05) is 155 Å². The van der Waals surface area contributed by atoms with Crippen molar-refractivity contribution in [1.82, 2.24) is 55.0 Å². The number of halogens is 2. The number of hydrogen-bond acceptors (Lipinski definition) is 22. The lowest BCUT2D eigenvalue weighted by atomic mass is 10.0. The molecule has 29 nitrogen and oxygen atoms in total. The number of hydrogen-bond donors (Lipinski definition) is 8. The molecule has 4 aromatic heterocycles. The largest absolute Gasteiger partial charge is 0.462 e. The zero-order valence-corrected chi connectivity index (χ0v) is 61.4. The van der Waals surface area contributed by atoms with E-state index in [-0.39, 0.29) is 77.8 Å². The molecule has 1 aromatic carbocycles. The van der Waals surface area contributed by atoms with E-state index in [4.69, 9.17) is 55.6 Å². The van der Waals surface area contributed by atoms with Gasteiger partial charge in [0, 0.05) is 24.4 Å². The number of primary amides is 1. The minimum absolute atomic E-state index is 0.00225. The third-order valence-electron chi connectivity index (χ3n) is 17.9. The van der Waals surface area contributed by atoms with E-state index in [1.807, 2.05) is 0 Å². The topological polar surface area (TPSA) is 395 Å². The van der Waals surface area contributed by atoms with Crippen molar-refractivity contribution in [3.05, 3.63) is 65.5 Å². The van der Waals surface area contributed by atoms with Crippen molar-refractivity contribution in [2.75, 3.05) is 30.8 Å². The van der Waals surface area contributed by atoms with Crippen LogP contribution in [0, 0.1) is 5.92 Å². The van der Waals surface area contributed by atoms with Crippen molar-refractivity contribution >= 4 is 100 Å². The number of alkyl halides is 2. The Labute approximate surface area is 596 Å². The first kappa shape index (κ1) is 80.6. The zero-order valence-electron chi connectivity index (χ0n) is 58.0. The number of nitrogens with two attached hydrogens (primary N) is 2. The molecule has 5 aromatic rings. The smallest absolute Gasteiger partial charge is 0.389 e. The molecule has 0 saturated carbocycles. The van der Waals surface area contributed by atoms with Gasteiger partial charge in [-0.25, -0.2) is 43.1 Å². The highest BCUT2D eigenvalue weighted by atomic mass is 32.7. The summed E-state index contributed by atoms with van der Waals surface area (Å²) in [7, 11) is 0. The molecule has 7 heterocycles. The van der Waals surface area contributed by atoms with Gasteiger partial charge in [-0.15, -0.1) is 0 Å². The number of imidazole rings is 2. The van der Waals surface area contributed by atoms with E-state index < -0.39 is 129 Å². The molecular formula is C66H100F2N14O15P2S2. The number of carbonyl (C=O) groups is 5. The molecule has 0 bridgehead atoms. The summed E-state index contributed by atoms with van der Waals surface area (Å²) >= 11 is 5.97. The Hall–Kier alpha value is -6.12. The first-order chi connectivity index (χ1) is 48.6. The number of rotatable bonds is 40. The molecule has 10 N–H and O–H groups in total. The second-order valence-corrected chi connectivity index (χ2v) is 33.1. The number of carbonyl (C=O) groups excluding carboxylic acids is 5. The third-order valence-corrected chi connectivity index (χ3v) is 23.2. The monoisotopic (exact) mass is 1490 g/mol. The normalized spacial score (nSPS) is 24.0. The van der Waals surface area contributed by atoms with Crippen LogP contribution in [0.4, 0.5) is 25.1 Å². The highest BCUT2D eigenvalue weighted by Crippen LogP contribution is 2.65. The quantitative estimate of drug-likeness (QED) is 0.0103. The number of benzene rings is 1. The lowest BCUT2D eigenvalue weighted by Gasteiger charge is -2.30. The molecule has 560 valence electrons. The van der Waals surface area contributed by atoms with Crippen LogP contribution in [-0.2, 0) is 73.6 Å². The lowest BCUT2D eigenvalue weighted by molar-refractivity contribution is -0.151. The van der Waals surface area contributed by atoms with Gasteiger partial charge in [0.2, 0.25) is 17.7 Å². The number of fused-ring (bicyclic) bond motifs is 4. The number of nitrogens with zero attached hydrogens (tertiary/aromatic N) is 7. The molecule has 0 spiro atoms. The fourth-order valence-corrected chi connectivity index (χ4v) is 17.2. The average Bonchev–Trinajstić information content (AvgIpc) is 1.62. The Morgan fingerprint density at radius 3 is 1.90 bits per heavy atom. The maximum atomic E-state index is 17.2. The van der Waals surface area contributed by atoms with Gasteiger partial charge in [-0.05, 0) is 78.9 Å². The molecule has 3 aliphatic rings. The van der Waals surface area contributed by atoms with Crippen molar-refractivity contribution in [1.29, 1.82) is 0 Å². The van der Waals surface area contributed by atoms with Crippen LogP contribution in [0.25, 0.3) is 22.3 Å². The van der Waals surface area contributed by atoms with Crippen LogP contribution in [0.5, 0.6) is 0 Å². The molecule has 0 radical (unpaired) electrons. The van der Waals surface area contributed by atoms with E-state index >= 15 is 13.3 Å². The number of ether oxygens (including phenoxy) is 3. The fraction of sp³-hybridized carbons (Fsp3) is 0.682. The van der Waals surface area contributed by atoms with E-state index in [1.54, 1.807) is 26.0 Å².